The first-order chi connectivity index (χ1) is 16.6. The summed E-state index contributed by atoms with van der Waals surface area (Å²) in [5.74, 6) is -0.815. The van der Waals surface area contributed by atoms with Gasteiger partial charge in [-0.05, 0) is 37.0 Å². The molecule has 1 aliphatic heterocycles. The second-order valence-corrected chi connectivity index (χ2v) is 8.49. The number of likely N-dealkylation sites (tertiary alicyclic amines) is 1. The molecule has 12 heteroatoms. The number of hydrogen-bond donors (Lipinski definition) is 3. The van der Waals surface area contributed by atoms with Crippen LogP contribution in [0.1, 0.15) is 12.8 Å². The fourth-order valence-corrected chi connectivity index (χ4v) is 4.62. The monoisotopic (exact) mass is 487 g/mol. The number of carbonyl (C=O) groups excluding carboxylic acids is 3. The van der Waals surface area contributed by atoms with E-state index in [9.17, 15) is 27.6 Å². The first-order valence-electron chi connectivity index (χ1n) is 10.8. The Morgan fingerprint density at radius 3 is 2.54 bits per heavy atom. The minimum atomic E-state index is -4.86. The Morgan fingerprint density at radius 1 is 1.03 bits per heavy atom. The van der Waals surface area contributed by atoms with Crippen molar-refractivity contribution in [2.45, 2.75) is 31.3 Å². The average Bonchev–Trinajstić information content (AvgIpc) is 3.28. The highest BCUT2D eigenvalue weighted by Crippen LogP contribution is 2.48. The molecule has 2 fully saturated rings. The number of alkyl halides is 3. The van der Waals surface area contributed by atoms with Crippen LogP contribution in [0.2, 0.25) is 0 Å². The summed E-state index contributed by atoms with van der Waals surface area (Å²) in [4.78, 5) is 39.4. The second kappa shape index (κ2) is 8.22. The number of rotatable bonds is 4. The van der Waals surface area contributed by atoms with Crippen molar-refractivity contribution in [3.05, 3.63) is 54.7 Å². The standard InChI is InChI=1S/C23H20F3N5O4/c24-23(25,26)35-14-5-3-4-13(10-14)28-20(32)19-9-12-8-18(12)31(19)22(34)29-16-11-30(21(27)33)17-7-2-1-6-15(16)17/h1-7,10-12,18-19H,8-9H2,(H2,27,33)(H,28,32)(H,29,34)/t12?,18-,19+/m1/s1. The van der Waals surface area contributed by atoms with Crippen LogP contribution < -0.4 is 21.1 Å². The van der Waals surface area contributed by atoms with Gasteiger partial charge >= 0.3 is 18.4 Å². The zero-order chi connectivity index (χ0) is 24.9. The smallest absolute Gasteiger partial charge is 0.406 e. The van der Waals surface area contributed by atoms with Gasteiger partial charge in [-0.1, -0.05) is 24.3 Å². The highest BCUT2D eigenvalue weighted by atomic mass is 19.4. The maximum absolute atomic E-state index is 13.2. The van der Waals surface area contributed by atoms with Gasteiger partial charge in [0.25, 0.3) is 0 Å². The number of anilines is 2. The van der Waals surface area contributed by atoms with Gasteiger partial charge in [0, 0.05) is 29.4 Å². The fraction of sp³-hybridized carbons (Fsp3) is 0.261. The maximum Gasteiger partial charge on any atom is 0.573 e. The number of piperidine rings is 1. The van der Waals surface area contributed by atoms with Gasteiger partial charge in [0.2, 0.25) is 5.91 Å². The van der Waals surface area contributed by atoms with Crippen LogP contribution in [0.15, 0.2) is 54.7 Å². The molecule has 0 radical (unpaired) electrons. The Bertz CT molecular complexity index is 1340. The molecule has 5 rings (SSSR count). The van der Waals surface area contributed by atoms with Crippen LogP contribution in [-0.4, -0.2) is 45.9 Å². The fourth-order valence-electron chi connectivity index (χ4n) is 4.62. The van der Waals surface area contributed by atoms with Gasteiger partial charge in [-0.3, -0.25) is 9.36 Å². The third-order valence-electron chi connectivity index (χ3n) is 6.17. The number of nitrogens with two attached hydrogens (primary N) is 1. The molecule has 0 bridgehead atoms. The van der Waals surface area contributed by atoms with E-state index in [0.717, 1.165) is 18.6 Å². The van der Waals surface area contributed by atoms with Crippen molar-refractivity contribution in [3.8, 4) is 5.75 Å². The third kappa shape index (κ3) is 4.46. The Morgan fingerprint density at radius 2 is 1.80 bits per heavy atom. The highest BCUT2D eigenvalue weighted by Gasteiger charge is 2.56. The van der Waals surface area contributed by atoms with Crippen molar-refractivity contribution < 1.29 is 32.3 Å². The van der Waals surface area contributed by atoms with Crippen molar-refractivity contribution in [2.24, 2.45) is 11.7 Å². The van der Waals surface area contributed by atoms with E-state index in [1.165, 1.54) is 27.8 Å². The number of urea groups is 1. The van der Waals surface area contributed by atoms with E-state index in [4.69, 9.17) is 5.73 Å². The maximum atomic E-state index is 13.2. The molecule has 1 saturated heterocycles. The SMILES string of the molecule is NC(=O)n1cc(NC(=O)N2[C@@H]3CC3C[C@H]2C(=O)Nc2cccc(OC(F)(F)F)c2)c2ccccc21. The lowest BCUT2D eigenvalue weighted by Gasteiger charge is -2.27. The molecule has 3 atom stereocenters. The number of fused-ring (bicyclic) bond motifs is 2. The second-order valence-electron chi connectivity index (χ2n) is 8.49. The number of amides is 4. The van der Waals surface area contributed by atoms with Crippen LogP contribution in [0.3, 0.4) is 0 Å². The van der Waals surface area contributed by atoms with Crippen molar-refractivity contribution in [1.82, 2.24) is 9.47 Å². The van der Waals surface area contributed by atoms with Gasteiger partial charge in [-0.15, -0.1) is 13.2 Å². The van der Waals surface area contributed by atoms with Gasteiger partial charge in [-0.25, -0.2) is 9.59 Å². The van der Waals surface area contributed by atoms with Gasteiger partial charge in [-0.2, -0.15) is 0 Å². The molecule has 0 spiro atoms. The molecular weight excluding hydrogens is 467 g/mol. The first kappa shape index (κ1) is 22.6. The van der Waals surface area contributed by atoms with Crippen LogP contribution in [0, 0.1) is 5.92 Å². The summed E-state index contributed by atoms with van der Waals surface area (Å²) in [5, 5.41) is 5.96. The normalized spacial score (nSPS) is 20.9. The molecule has 1 unspecified atom stereocenters. The third-order valence-corrected chi connectivity index (χ3v) is 6.17. The number of ether oxygens (including phenoxy) is 1. The summed E-state index contributed by atoms with van der Waals surface area (Å²) in [6, 6.07) is 9.69. The number of carbonyl (C=O) groups is 3. The number of hydrogen-bond acceptors (Lipinski definition) is 4. The number of para-hydroxylation sites is 1. The minimum Gasteiger partial charge on any atom is -0.406 e. The molecule has 182 valence electrons. The topological polar surface area (TPSA) is 119 Å². The predicted molar refractivity (Wildman–Crippen MR) is 120 cm³/mol. The molecule has 1 saturated carbocycles. The Hall–Kier alpha value is -4.22. The summed E-state index contributed by atoms with van der Waals surface area (Å²) < 4.78 is 42.6. The van der Waals surface area contributed by atoms with E-state index < -0.39 is 36.1 Å². The molecular formula is C23H20F3N5O4. The first-order valence-corrected chi connectivity index (χ1v) is 10.8. The summed E-state index contributed by atoms with van der Waals surface area (Å²) >= 11 is 0. The van der Waals surface area contributed by atoms with E-state index in [-0.39, 0.29) is 17.6 Å². The van der Waals surface area contributed by atoms with E-state index in [2.05, 4.69) is 15.4 Å². The predicted octanol–water partition coefficient (Wildman–Crippen LogP) is 4.10. The lowest BCUT2D eigenvalue weighted by molar-refractivity contribution is -0.274. The van der Waals surface area contributed by atoms with Crippen LogP contribution in [0.25, 0.3) is 10.9 Å². The van der Waals surface area contributed by atoms with Crippen molar-refractivity contribution in [3.63, 3.8) is 0 Å². The van der Waals surface area contributed by atoms with Crippen LogP contribution in [-0.2, 0) is 4.79 Å². The quantitative estimate of drug-likeness (QED) is 0.513. The highest BCUT2D eigenvalue weighted by molar-refractivity contribution is 6.06. The molecule has 35 heavy (non-hydrogen) atoms. The largest absolute Gasteiger partial charge is 0.573 e. The number of benzene rings is 2. The average molecular weight is 487 g/mol. The van der Waals surface area contributed by atoms with Crippen molar-refractivity contribution in [1.29, 1.82) is 0 Å². The zero-order valence-electron chi connectivity index (χ0n) is 18.1. The molecule has 9 nitrogen and oxygen atoms in total. The van der Waals surface area contributed by atoms with Gasteiger partial charge < -0.3 is 26.0 Å². The summed E-state index contributed by atoms with van der Waals surface area (Å²) in [5.41, 5.74) is 6.43. The number of halogens is 3. The summed E-state index contributed by atoms with van der Waals surface area (Å²) in [6.45, 7) is 0. The Kier molecular flexibility index (Phi) is 5.30. The van der Waals surface area contributed by atoms with E-state index in [1.807, 2.05) is 0 Å². The van der Waals surface area contributed by atoms with Crippen LogP contribution >= 0.6 is 0 Å². The Balaban J connectivity index is 1.33. The molecule has 1 aromatic heterocycles. The lowest BCUT2D eigenvalue weighted by atomic mass is 10.1. The van der Waals surface area contributed by atoms with E-state index in [1.54, 1.807) is 24.3 Å². The molecule has 1 aliphatic carbocycles. The van der Waals surface area contributed by atoms with E-state index in [0.29, 0.717) is 23.0 Å². The number of primary amides is 1. The number of nitrogens with zero attached hydrogens (tertiary/aromatic N) is 2. The molecule has 2 aromatic carbocycles. The number of nitrogens with one attached hydrogen (secondary N) is 2. The van der Waals surface area contributed by atoms with Gasteiger partial charge in [0.15, 0.2) is 0 Å². The summed E-state index contributed by atoms with van der Waals surface area (Å²) in [6.07, 6.45) is -2.24. The molecule has 4 amide bonds. The van der Waals surface area contributed by atoms with Crippen molar-refractivity contribution in [2.75, 3.05) is 10.6 Å². The lowest BCUT2D eigenvalue weighted by Crippen LogP contribution is -2.47. The Labute approximate surface area is 196 Å². The summed E-state index contributed by atoms with van der Waals surface area (Å²) in [7, 11) is 0. The molecule has 3 aromatic rings. The van der Waals surface area contributed by atoms with Crippen molar-refractivity contribution >= 4 is 40.2 Å². The van der Waals surface area contributed by atoms with E-state index >= 15 is 0 Å². The molecule has 2 aliphatic rings. The zero-order valence-corrected chi connectivity index (χ0v) is 18.1. The van der Waals surface area contributed by atoms with Crippen LogP contribution in [0.4, 0.5) is 34.1 Å². The number of aromatic nitrogens is 1. The minimum absolute atomic E-state index is 0.113. The van der Waals surface area contributed by atoms with Gasteiger partial charge in [0.05, 0.1) is 11.2 Å². The van der Waals surface area contributed by atoms with Crippen LogP contribution in [0.5, 0.6) is 5.75 Å². The van der Waals surface area contributed by atoms with Gasteiger partial charge in [0.1, 0.15) is 11.8 Å². The molecule has 2 heterocycles. The molecule has 4 N–H and O–H groups in total.